The molecule has 0 aromatic heterocycles. The lowest BCUT2D eigenvalue weighted by Gasteiger charge is -2.13. The van der Waals surface area contributed by atoms with Crippen LogP contribution in [0.1, 0.15) is 19.8 Å². The van der Waals surface area contributed by atoms with Crippen LogP contribution in [0.15, 0.2) is 0 Å². The molecule has 82 valence electrons. The van der Waals surface area contributed by atoms with Crippen molar-refractivity contribution in [3.63, 3.8) is 0 Å². The minimum atomic E-state index is -2.30. The standard InChI is InChI=1S/C6H12N2O6/c1-6(7(11)12,8(13)14)3-2-5(10)4-9/h5,9-10H,2-4H2,1H3/t5-/m1/s1. The number of nitro groups is 2. The van der Waals surface area contributed by atoms with Gasteiger partial charge in [0.2, 0.25) is 0 Å². The zero-order valence-corrected chi connectivity index (χ0v) is 7.62. The maximum absolute atomic E-state index is 10.4. The molecule has 0 amide bonds. The summed E-state index contributed by atoms with van der Waals surface area (Å²) in [4.78, 5) is 18.8. The van der Waals surface area contributed by atoms with Crippen LogP contribution in [0.25, 0.3) is 0 Å². The van der Waals surface area contributed by atoms with Gasteiger partial charge in [0.05, 0.1) is 35.9 Å². The van der Waals surface area contributed by atoms with E-state index in [1.54, 1.807) is 0 Å². The van der Waals surface area contributed by atoms with E-state index in [4.69, 9.17) is 10.2 Å². The minimum Gasteiger partial charge on any atom is -0.394 e. The van der Waals surface area contributed by atoms with Gasteiger partial charge in [-0.2, -0.15) is 0 Å². The molecule has 14 heavy (non-hydrogen) atoms. The molecule has 0 aromatic rings. The predicted molar refractivity (Wildman–Crippen MR) is 44.7 cm³/mol. The summed E-state index contributed by atoms with van der Waals surface area (Å²) in [5, 5.41) is 38.1. The molecule has 0 bridgehead atoms. The summed E-state index contributed by atoms with van der Waals surface area (Å²) in [5.74, 6) is 0. The van der Waals surface area contributed by atoms with Crippen molar-refractivity contribution in [2.45, 2.75) is 31.5 Å². The zero-order valence-electron chi connectivity index (χ0n) is 7.62. The van der Waals surface area contributed by atoms with Crippen molar-refractivity contribution in [2.75, 3.05) is 6.61 Å². The van der Waals surface area contributed by atoms with E-state index >= 15 is 0 Å². The molecule has 0 saturated heterocycles. The first-order chi connectivity index (χ1) is 6.34. The maximum Gasteiger partial charge on any atom is 0.456 e. The largest absolute Gasteiger partial charge is 0.456 e. The van der Waals surface area contributed by atoms with Gasteiger partial charge in [0.1, 0.15) is 0 Å². The highest BCUT2D eigenvalue weighted by atomic mass is 16.7. The third-order valence-corrected chi connectivity index (χ3v) is 1.95. The number of hydrogen-bond acceptors (Lipinski definition) is 6. The summed E-state index contributed by atoms with van der Waals surface area (Å²) in [5.41, 5.74) is -2.30. The molecule has 0 unspecified atom stereocenters. The van der Waals surface area contributed by atoms with Gasteiger partial charge in [0.25, 0.3) is 0 Å². The van der Waals surface area contributed by atoms with E-state index in [0.29, 0.717) is 0 Å². The first kappa shape index (κ1) is 12.7. The molecule has 0 aliphatic carbocycles. The normalized spacial score (nSPS) is 13.6. The van der Waals surface area contributed by atoms with Crippen molar-refractivity contribution in [3.05, 3.63) is 20.2 Å². The molecule has 2 N–H and O–H groups in total. The van der Waals surface area contributed by atoms with Crippen LogP contribution in [0.5, 0.6) is 0 Å². The van der Waals surface area contributed by atoms with Gasteiger partial charge in [0, 0.05) is 0 Å². The maximum atomic E-state index is 10.4. The van der Waals surface area contributed by atoms with Crippen molar-refractivity contribution in [3.8, 4) is 0 Å². The first-order valence-electron chi connectivity index (χ1n) is 3.92. The number of nitrogens with zero attached hydrogens (tertiary/aromatic N) is 2. The van der Waals surface area contributed by atoms with Crippen LogP contribution in [0, 0.1) is 20.2 Å². The highest BCUT2D eigenvalue weighted by Gasteiger charge is 2.50. The molecule has 0 aliphatic heterocycles. The van der Waals surface area contributed by atoms with Crippen LogP contribution in [0.4, 0.5) is 0 Å². The van der Waals surface area contributed by atoms with E-state index in [1.807, 2.05) is 0 Å². The van der Waals surface area contributed by atoms with Crippen molar-refractivity contribution in [1.29, 1.82) is 0 Å². The molecule has 0 spiro atoms. The Morgan fingerprint density at radius 1 is 1.36 bits per heavy atom. The van der Waals surface area contributed by atoms with Crippen molar-refractivity contribution in [2.24, 2.45) is 0 Å². The number of rotatable bonds is 6. The highest BCUT2D eigenvalue weighted by Crippen LogP contribution is 2.18. The topological polar surface area (TPSA) is 127 Å². The fourth-order valence-electron chi connectivity index (χ4n) is 0.781. The third-order valence-electron chi connectivity index (χ3n) is 1.95. The van der Waals surface area contributed by atoms with E-state index in [1.165, 1.54) is 0 Å². The van der Waals surface area contributed by atoms with E-state index < -0.39 is 34.6 Å². The Balaban J connectivity index is 4.40. The smallest absolute Gasteiger partial charge is 0.394 e. The van der Waals surface area contributed by atoms with Gasteiger partial charge in [0.15, 0.2) is 0 Å². The van der Waals surface area contributed by atoms with Crippen LogP contribution in [0.2, 0.25) is 0 Å². The molecular formula is C6H12N2O6. The molecule has 8 nitrogen and oxygen atoms in total. The average Bonchev–Trinajstić information content (AvgIpc) is 2.12. The molecule has 1 atom stereocenters. The summed E-state index contributed by atoms with van der Waals surface area (Å²) in [6.07, 6.45) is -1.77. The van der Waals surface area contributed by atoms with Crippen LogP contribution in [-0.4, -0.2) is 38.4 Å². The molecule has 8 heteroatoms. The predicted octanol–water partition coefficient (Wildman–Crippen LogP) is -0.611. The van der Waals surface area contributed by atoms with Gasteiger partial charge in [-0.15, -0.1) is 0 Å². The molecule has 0 heterocycles. The Labute approximate surface area is 79.5 Å². The second-order valence-corrected chi connectivity index (χ2v) is 3.11. The summed E-state index contributed by atoms with van der Waals surface area (Å²) in [7, 11) is 0. The average molecular weight is 208 g/mol. The van der Waals surface area contributed by atoms with Gasteiger partial charge in [-0.05, 0) is 6.42 Å². The van der Waals surface area contributed by atoms with Gasteiger partial charge < -0.3 is 10.2 Å². The first-order valence-corrected chi connectivity index (χ1v) is 3.92. The second kappa shape index (κ2) is 4.82. The van der Waals surface area contributed by atoms with Gasteiger partial charge in [-0.3, -0.25) is 20.2 Å². The fraction of sp³-hybridized carbons (Fsp3) is 1.00. The summed E-state index contributed by atoms with van der Waals surface area (Å²) >= 11 is 0. The number of aliphatic hydroxyl groups excluding tert-OH is 2. The summed E-state index contributed by atoms with van der Waals surface area (Å²) < 4.78 is 0. The molecule has 0 fully saturated rings. The minimum absolute atomic E-state index is 0.186. The van der Waals surface area contributed by atoms with Crippen molar-refractivity contribution < 1.29 is 20.1 Å². The van der Waals surface area contributed by atoms with Crippen molar-refractivity contribution >= 4 is 0 Å². The van der Waals surface area contributed by atoms with Crippen LogP contribution in [0.3, 0.4) is 0 Å². The molecule has 0 aliphatic rings. The lowest BCUT2D eigenvalue weighted by molar-refractivity contribution is -0.793. The Morgan fingerprint density at radius 2 is 1.79 bits per heavy atom. The molecule has 0 rings (SSSR count). The van der Waals surface area contributed by atoms with E-state index in [-0.39, 0.29) is 6.42 Å². The Kier molecular flexibility index (Phi) is 4.38. The van der Waals surface area contributed by atoms with Crippen LogP contribution in [-0.2, 0) is 0 Å². The lowest BCUT2D eigenvalue weighted by atomic mass is 10.0. The molecular weight excluding hydrogens is 196 g/mol. The highest BCUT2D eigenvalue weighted by molar-refractivity contribution is 4.64. The van der Waals surface area contributed by atoms with Gasteiger partial charge >= 0.3 is 5.66 Å². The van der Waals surface area contributed by atoms with Crippen LogP contribution >= 0.6 is 0 Å². The molecule has 0 radical (unpaired) electrons. The van der Waals surface area contributed by atoms with E-state index in [0.717, 1.165) is 6.92 Å². The summed E-state index contributed by atoms with van der Waals surface area (Å²) in [6.45, 7) is 0.308. The number of aliphatic hydroxyl groups is 2. The Morgan fingerprint density at radius 3 is 2.07 bits per heavy atom. The fourth-order valence-corrected chi connectivity index (χ4v) is 0.781. The summed E-state index contributed by atoms with van der Waals surface area (Å²) in [6, 6.07) is 0. The zero-order chi connectivity index (χ0) is 11.4. The van der Waals surface area contributed by atoms with Crippen molar-refractivity contribution in [1.82, 2.24) is 0 Å². The number of hydrogen-bond donors (Lipinski definition) is 2. The monoisotopic (exact) mass is 208 g/mol. The van der Waals surface area contributed by atoms with E-state index in [2.05, 4.69) is 0 Å². The molecule has 0 aromatic carbocycles. The Bertz CT molecular complexity index is 216. The third kappa shape index (κ3) is 2.89. The lowest BCUT2D eigenvalue weighted by Crippen LogP contribution is -2.43. The second-order valence-electron chi connectivity index (χ2n) is 3.11. The van der Waals surface area contributed by atoms with Crippen LogP contribution < -0.4 is 0 Å². The Hall–Kier alpha value is -1.28. The van der Waals surface area contributed by atoms with Gasteiger partial charge in [-0.25, -0.2) is 0 Å². The van der Waals surface area contributed by atoms with E-state index in [9.17, 15) is 20.2 Å². The molecule has 0 saturated carbocycles. The SMILES string of the molecule is CC(CC[C@@H](O)CO)([N+](=O)[O-])[N+](=O)[O-]. The van der Waals surface area contributed by atoms with Gasteiger partial charge in [-0.1, -0.05) is 0 Å². The quantitative estimate of drug-likeness (QED) is 0.340.